The topological polar surface area (TPSA) is 35.4 Å². The molecule has 0 unspecified atom stereocenters. The van der Waals surface area contributed by atoms with E-state index in [1.54, 1.807) is 6.92 Å². The molecule has 0 aliphatic carbocycles. The first-order valence-corrected chi connectivity index (χ1v) is 3.55. The van der Waals surface area contributed by atoms with E-state index in [2.05, 4.69) is 4.99 Å². The molecular weight excluding hydrogens is 157 g/mol. The average molecular weight is 166 g/mol. The van der Waals surface area contributed by atoms with Gasteiger partial charge < -0.3 is 10.1 Å². The molecule has 0 fully saturated rings. The Hall–Kier alpha value is -1.38. The number of benzene rings is 1. The van der Waals surface area contributed by atoms with E-state index >= 15 is 0 Å². The van der Waals surface area contributed by atoms with E-state index in [-0.39, 0.29) is 11.7 Å². The van der Waals surface area contributed by atoms with Gasteiger partial charge in [0.25, 0.3) is 0 Å². The van der Waals surface area contributed by atoms with Crippen LogP contribution in [-0.2, 0) is 0 Å². The molecule has 0 amide bonds. The van der Waals surface area contributed by atoms with Crippen LogP contribution in [0.25, 0.3) is 0 Å². The highest BCUT2D eigenvalue weighted by molar-refractivity contribution is 5.90. The number of nitrogens with zero attached hydrogens (tertiary/aromatic N) is 1. The molecule has 0 heterocycles. The van der Waals surface area contributed by atoms with E-state index < -0.39 is 0 Å². The molecule has 0 radical (unpaired) electrons. The molecule has 12 heavy (non-hydrogen) atoms. The van der Waals surface area contributed by atoms with Crippen molar-refractivity contribution in [1.29, 1.82) is 0 Å². The summed E-state index contributed by atoms with van der Waals surface area (Å²) in [6.45, 7) is 1.61. The smallest absolute Gasteiger partial charge is 0.126 e. The molecule has 0 aromatic heterocycles. The number of aryl methyl sites for hydroxylation is 1. The molecule has 0 saturated heterocycles. The van der Waals surface area contributed by atoms with Crippen LogP contribution in [-0.4, -0.2) is 12.9 Å². The lowest BCUT2D eigenvalue weighted by Gasteiger charge is -2.09. The van der Waals surface area contributed by atoms with E-state index in [1.807, 2.05) is 0 Å². The second-order valence-corrected chi connectivity index (χ2v) is 2.49. The maximum absolute atomic E-state index is 12.7. The van der Waals surface area contributed by atoms with Gasteiger partial charge in [-0.15, -0.1) is 0 Å². The summed E-state index contributed by atoms with van der Waals surface area (Å²) in [6.07, 6.45) is 0. The van der Waals surface area contributed by atoms with Gasteiger partial charge in [0.1, 0.15) is 5.82 Å². The number of aliphatic imine (C=N–C) groups is 1. The van der Waals surface area contributed by atoms with Gasteiger partial charge in [-0.25, -0.2) is 4.39 Å². The van der Waals surface area contributed by atoms with Crippen molar-refractivity contribution in [3.63, 3.8) is 0 Å². The Balaban J connectivity index is 3.13. The van der Waals surface area contributed by atoms with Crippen molar-refractivity contribution >= 4 is 5.90 Å². The largest absolute Gasteiger partial charge is 0.859 e. The maximum atomic E-state index is 12.7. The number of hydrogen-bond acceptors (Lipinski definition) is 2. The fraction of sp³-hybridized carbons (Fsp3) is 0.222. The molecule has 2 nitrogen and oxygen atoms in total. The van der Waals surface area contributed by atoms with Crippen LogP contribution in [0.15, 0.2) is 23.2 Å². The minimum atomic E-state index is -0.321. The van der Waals surface area contributed by atoms with Crippen LogP contribution in [0.5, 0.6) is 0 Å². The molecule has 0 spiro atoms. The molecule has 0 saturated carbocycles. The van der Waals surface area contributed by atoms with Crippen molar-refractivity contribution in [3.05, 3.63) is 35.1 Å². The van der Waals surface area contributed by atoms with Crippen molar-refractivity contribution in [3.8, 4) is 0 Å². The highest BCUT2D eigenvalue weighted by atomic mass is 19.1. The summed E-state index contributed by atoms with van der Waals surface area (Å²) in [5, 5.41) is 11.0. The van der Waals surface area contributed by atoms with Crippen LogP contribution >= 0.6 is 0 Å². The Bertz CT molecular complexity index is 320. The predicted octanol–water partition coefficient (Wildman–Crippen LogP) is 0.871. The first-order valence-electron chi connectivity index (χ1n) is 3.55. The summed E-state index contributed by atoms with van der Waals surface area (Å²) in [7, 11) is 1.42. The minimum absolute atomic E-state index is 0.303. The van der Waals surface area contributed by atoms with Gasteiger partial charge in [-0.2, -0.15) is 0 Å². The summed E-state index contributed by atoms with van der Waals surface area (Å²) in [5.74, 6) is -0.624. The molecule has 0 atom stereocenters. The van der Waals surface area contributed by atoms with Crippen LogP contribution in [0.2, 0.25) is 0 Å². The third-order valence-corrected chi connectivity index (χ3v) is 1.61. The van der Waals surface area contributed by atoms with Gasteiger partial charge in [0, 0.05) is 7.05 Å². The van der Waals surface area contributed by atoms with E-state index in [0.717, 1.165) is 0 Å². The van der Waals surface area contributed by atoms with Crippen molar-refractivity contribution in [2.24, 2.45) is 4.99 Å². The highest BCUT2D eigenvalue weighted by Gasteiger charge is 1.97. The van der Waals surface area contributed by atoms with Crippen molar-refractivity contribution in [2.45, 2.75) is 6.92 Å². The second-order valence-electron chi connectivity index (χ2n) is 2.49. The lowest BCUT2D eigenvalue weighted by atomic mass is 10.1. The zero-order valence-corrected chi connectivity index (χ0v) is 6.97. The van der Waals surface area contributed by atoms with Crippen molar-refractivity contribution < 1.29 is 9.50 Å². The fourth-order valence-electron chi connectivity index (χ4n) is 0.907. The molecule has 0 N–H and O–H groups in total. The van der Waals surface area contributed by atoms with Gasteiger partial charge in [-0.3, -0.25) is 0 Å². The molecule has 1 rings (SSSR count). The zero-order chi connectivity index (χ0) is 9.14. The van der Waals surface area contributed by atoms with Gasteiger partial charge in [0.15, 0.2) is 0 Å². The Labute approximate surface area is 70.4 Å². The number of hydrogen-bond donors (Lipinski definition) is 0. The van der Waals surface area contributed by atoms with Crippen LogP contribution in [0.4, 0.5) is 4.39 Å². The first-order chi connectivity index (χ1) is 5.65. The second kappa shape index (κ2) is 3.34. The lowest BCUT2D eigenvalue weighted by molar-refractivity contribution is -0.213. The molecule has 0 aliphatic heterocycles. The van der Waals surface area contributed by atoms with Crippen LogP contribution in [0.3, 0.4) is 0 Å². The molecule has 64 valence electrons. The van der Waals surface area contributed by atoms with E-state index in [9.17, 15) is 9.50 Å². The van der Waals surface area contributed by atoms with Crippen LogP contribution in [0.1, 0.15) is 11.1 Å². The Kier molecular flexibility index (Phi) is 2.43. The quantitative estimate of drug-likeness (QED) is 0.450. The molecule has 1 aromatic rings. The normalized spacial score (nSPS) is 11.8. The standard InChI is InChI=1S/C9H10FNO/c1-6-5-7(9(12)11-2)3-4-8(6)10/h3-5H,1-2H3,(H,11,12)/p-1. The van der Waals surface area contributed by atoms with Gasteiger partial charge >= 0.3 is 0 Å². The van der Waals surface area contributed by atoms with Crippen molar-refractivity contribution in [1.82, 2.24) is 0 Å². The SMILES string of the molecule is CN=C([O-])c1ccc(F)c(C)c1. The van der Waals surface area contributed by atoms with E-state index in [0.29, 0.717) is 11.1 Å². The van der Waals surface area contributed by atoms with Gasteiger partial charge in [0.2, 0.25) is 0 Å². The summed E-state index contributed by atoms with van der Waals surface area (Å²) in [6, 6.07) is 4.19. The highest BCUT2D eigenvalue weighted by Crippen LogP contribution is 2.08. The van der Waals surface area contributed by atoms with Crippen LogP contribution in [0, 0.1) is 12.7 Å². The summed E-state index contributed by atoms with van der Waals surface area (Å²) in [4.78, 5) is 3.47. The number of halogens is 1. The van der Waals surface area contributed by atoms with Gasteiger partial charge in [-0.05, 0) is 36.1 Å². The fourth-order valence-corrected chi connectivity index (χ4v) is 0.907. The third kappa shape index (κ3) is 1.61. The predicted molar refractivity (Wildman–Crippen MR) is 43.6 cm³/mol. The van der Waals surface area contributed by atoms with Gasteiger partial charge in [-0.1, -0.05) is 6.07 Å². The van der Waals surface area contributed by atoms with E-state index in [1.165, 1.54) is 25.2 Å². The maximum Gasteiger partial charge on any atom is 0.126 e. The van der Waals surface area contributed by atoms with E-state index in [4.69, 9.17) is 0 Å². The molecule has 0 bridgehead atoms. The average Bonchev–Trinajstić information content (AvgIpc) is 2.08. The summed E-state index contributed by atoms with van der Waals surface area (Å²) >= 11 is 0. The summed E-state index contributed by atoms with van der Waals surface area (Å²) < 4.78 is 12.7. The lowest BCUT2D eigenvalue weighted by Crippen LogP contribution is -2.18. The monoisotopic (exact) mass is 166 g/mol. The Morgan fingerprint density at radius 2 is 2.17 bits per heavy atom. The third-order valence-electron chi connectivity index (χ3n) is 1.61. The molecular formula is C9H9FNO-. The zero-order valence-electron chi connectivity index (χ0n) is 6.97. The Morgan fingerprint density at radius 3 is 2.67 bits per heavy atom. The molecule has 1 aromatic carbocycles. The number of rotatable bonds is 1. The van der Waals surface area contributed by atoms with Crippen molar-refractivity contribution in [2.75, 3.05) is 7.05 Å². The first kappa shape index (κ1) is 8.71. The Morgan fingerprint density at radius 1 is 1.50 bits per heavy atom. The summed E-state index contributed by atoms with van der Waals surface area (Å²) in [5.41, 5.74) is 0.890. The van der Waals surface area contributed by atoms with Crippen LogP contribution < -0.4 is 5.11 Å². The molecule has 3 heteroatoms. The molecule has 0 aliphatic rings. The minimum Gasteiger partial charge on any atom is -0.859 e. The van der Waals surface area contributed by atoms with Gasteiger partial charge in [0.05, 0.1) is 0 Å².